The largest absolute Gasteiger partial charge is 0.493 e. The first-order chi connectivity index (χ1) is 8.62. The zero-order valence-electron chi connectivity index (χ0n) is 11.4. The number of anilines is 2. The summed E-state index contributed by atoms with van der Waals surface area (Å²) < 4.78 is 10.5. The smallest absolute Gasteiger partial charge is 0.162 e. The van der Waals surface area contributed by atoms with Crippen molar-refractivity contribution >= 4 is 23.1 Å². The van der Waals surface area contributed by atoms with Gasteiger partial charge in [-0.3, -0.25) is 0 Å². The minimum Gasteiger partial charge on any atom is -0.493 e. The Morgan fingerprint density at radius 1 is 1.28 bits per heavy atom. The van der Waals surface area contributed by atoms with Gasteiger partial charge in [-0.2, -0.15) is 11.8 Å². The molecule has 0 aliphatic carbocycles. The van der Waals surface area contributed by atoms with Crippen LogP contribution in [0.15, 0.2) is 12.1 Å². The van der Waals surface area contributed by atoms with Crippen molar-refractivity contribution in [2.45, 2.75) is 19.4 Å². The van der Waals surface area contributed by atoms with E-state index in [1.165, 1.54) is 0 Å². The maximum Gasteiger partial charge on any atom is 0.162 e. The third-order valence-corrected chi connectivity index (χ3v) is 3.36. The van der Waals surface area contributed by atoms with Crippen molar-refractivity contribution in [3.63, 3.8) is 0 Å². The molecule has 5 heteroatoms. The van der Waals surface area contributed by atoms with Gasteiger partial charge in [-0.15, -0.1) is 0 Å². The number of rotatable bonds is 7. The van der Waals surface area contributed by atoms with Gasteiger partial charge in [0.15, 0.2) is 11.5 Å². The first kappa shape index (κ1) is 14.8. The number of hydrogen-bond acceptors (Lipinski definition) is 5. The average molecular weight is 270 g/mol. The molecule has 0 bridgehead atoms. The van der Waals surface area contributed by atoms with Crippen LogP contribution >= 0.6 is 11.8 Å². The van der Waals surface area contributed by atoms with Crippen LogP contribution in [0.3, 0.4) is 0 Å². The minimum atomic E-state index is 0.373. The highest BCUT2D eigenvalue weighted by Gasteiger charge is 2.10. The summed E-state index contributed by atoms with van der Waals surface area (Å²) >= 11 is 1.84. The Balaban J connectivity index is 2.82. The summed E-state index contributed by atoms with van der Waals surface area (Å²) in [6.07, 6.45) is 3.20. The van der Waals surface area contributed by atoms with Crippen LogP contribution in [0.25, 0.3) is 0 Å². The molecule has 0 saturated carbocycles. The van der Waals surface area contributed by atoms with Crippen LogP contribution in [-0.2, 0) is 0 Å². The summed E-state index contributed by atoms with van der Waals surface area (Å²) in [6, 6.07) is 4.03. The van der Waals surface area contributed by atoms with Crippen LogP contribution in [0.5, 0.6) is 11.5 Å². The van der Waals surface area contributed by atoms with E-state index in [1.807, 2.05) is 17.8 Å². The van der Waals surface area contributed by atoms with Crippen LogP contribution in [-0.4, -0.2) is 32.3 Å². The van der Waals surface area contributed by atoms with Crippen molar-refractivity contribution in [2.24, 2.45) is 0 Å². The first-order valence-electron chi connectivity index (χ1n) is 5.89. The van der Waals surface area contributed by atoms with Crippen molar-refractivity contribution in [3.05, 3.63) is 12.1 Å². The van der Waals surface area contributed by atoms with Crippen molar-refractivity contribution in [3.8, 4) is 11.5 Å². The zero-order valence-corrected chi connectivity index (χ0v) is 12.3. The monoisotopic (exact) mass is 270 g/mol. The summed E-state index contributed by atoms with van der Waals surface area (Å²) in [6.45, 7) is 2.15. The standard InChI is InChI=1S/C13H22N2O2S/c1-9(5-6-18-4)15-11-8-13(17-3)12(16-2)7-10(11)14/h7-9,15H,5-6,14H2,1-4H3. The molecule has 1 atom stereocenters. The molecule has 0 radical (unpaired) electrons. The van der Waals surface area contributed by atoms with E-state index in [-0.39, 0.29) is 0 Å². The maximum absolute atomic E-state index is 5.99. The molecule has 0 amide bonds. The molecular weight excluding hydrogens is 248 g/mol. The lowest BCUT2D eigenvalue weighted by atomic mass is 10.2. The van der Waals surface area contributed by atoms with E-state index >= 15 is 0 Å². The summed E-state index contributed by atoms with van der Waals surface area (Å²) in [5.41, 5.74) is 7.55. The van der Waals surface area contributed by atoms with Gasteiger partial charge in [0.05, 0.1) is 25.6 Å². The number of nitrogens with two attached hydrogens (primary N) is 1. The van der Waals surface area contributed by atoms with Gasteiger partial charge in [0.1, 0.15) is 0 Å². The number of methoxy groups -OCH3 is 2. The van der Waals surface area contributed by atoms with Crippen molar-refractivity contribution in [2.75, 3.05) is 37.3 Å². The van der Waals surface area contributed by atoms with Crippen molar-refractivity contribution in [1.29, 1.82) is 0 Å². The fraction of sp³-hybridized carbons (Fsp3) is 0.538. The lowest BCUT2D eigenvalue weighted by molar-refractivity contribution is 0.355. The molecule has 1 aromatic carbocycles. The van der Waals surface area contributed by atoms with Crippen molar-refractivity contribution in [1.82, 2.24) is 0 Å². The molecule has 0 heterocycles. The highest BCUT2D eigenvalue weighted by Crippen LogP contribution is 2.35. The Labute approximate surface area is 113 Å². The van der Waals surface area contributed by atoms with E-state index in [2.05, 4.69) is 18.5 Å². The number of nitrogens with one attached hydrogen (secondary N) is 1. The minimum absolute atomic E-state index is 0.373. The molecule has 3 N–H and O–H groups in total. The van der Waals surface area contributed by atoms with Gasteiger partial charge in [0.2, 0.25) is 0 Å². The number of ether oxygens (including phenoxy) is 2. The fourth-order valence-corrected chi connectivity index (χ4v) is 2.24. The highest BCUT2D eigenvalue weighted by atomic mass is 32.2. The molecule has 18 heavy (non-hydrogen) atoms. The normalized spacial score (nSPS) is 12.0. The SMILES string of the molecule is COc1cc(N)c(NC(C)CCSC)cc1OC. The predicted molar refractivity (Wildman–Crippen MR) is 80.0 cm³/mol. The van der Waals surface area contributed by atoms with Gasteiger partial charge in [-0.1, -0.05) is 0 Å². The summed E-state index contributed by atoms with van der Waals surface area (Å²) in [5.74, 6) is 2.46. The highest BCUT2D eigenvalue weighted by molar-refractivity contribution is 7.98. The van der Waals surface area contributed by atoms with Gasteiger partial charge < -0.3 is 20.5 Å². The first-order valence-corrected chi connectivity index (χ1v) is 7.28. The lowest BCUT2D eigenvalue weighted by Crippen LogP contribution is -2.17. The Morgan fingerprint density at radius 3 is 2.44 bits per heavy atom. The van der Waals surface area contributed by atoms with E-state index in [9.17, 15) is 0 Å². The Morgan fingerprint density at radius 2 is 1.89 bits per heavy atom. The Kier molecular flexibility index (Phi) is 5.98. The topological polar surface area (TPSA) is 56.5 Å². The molecule has 0 spiro atoms. The number of thioether (sulfide) groups is 1. The lowest BCUT2D eigenvalue weighted by Gasteiger charge is -2.18. The Bertz CT molecular complexity index is 385. The third kappa shape index (κ3) is 3.91. The molecule has 0 aromatic heterocycles. The van der Waals surface area contributed by atoms with E-state index in [1.54, 1.807) is 20.3 Å². The van der Waals surface area contributed by atoms with E-state index in [0.717, 1.165) is 17.9 Å². The molecule has 1 rings (SSSR count). The van der Waals surface area contributed by atoms with Crippen molar-refractivity contribution < 1.29 is 9.47 Å². The Hall–Kier alpha value is -1.23. The summed E-state index contributed by atoms with van der Waals surface area (Å²) in [4.78, 5) is 0. The van der Waals surface area contributed by atoms with Crippen LogP contribution in [0.1, 0.15) is 13.3 Å². The van der Waals surface area contributed by atoms with Gasteiger partial charge in [0, 0.05) is 18.2 Å². The van der Waals surface area contributed by atoms with Crippen LogP contribution in [0.2, 0.25) is 0 Å². The fourth-order valence-electron chi connectivity index (χ4n) is 1.65. The number of hydrogen-bond donors (Lipinski definition) is 2. The summed E-state index contributed by atoms with van der Waals surface area (Å²) in [5, 5.41) is 3.40. The molecule has 1 aromatic rings. The molecule has 0 aliphatic rings. The molecular formula is C13H22N2O2S. The van der Waals surface area contributed by atoms with E-state index < -0.39 is 0 Å². The molecule has 4 nitrogen and oxygen atoms in total. The number of benzene rings is 1. The second kappa shape index (κ2) is 7.26. The van der Waals surface area contributed by atoms with Crippen LogP contribution < -0.4 is 20.5 Å². The average Bonchev–Trinajstić information content (AvgIpc) is 2.38. The van der Waals surface area contributed by atoms with E-state index in [4.69, 9.17) is 15.2 Å². The van der Waals surface area contributed by atoms with Crippen LogP contribution in [0.4, 0.5) is 11.4 Å². The second-order valence-electron chi connectivity index (χ2n) is 4.12. The van der Waals surface area contributed by atoms with Gasteiger partial charge in [-0.25, -0.2) is 0 Å². The molecule has 0 saturated heterocycles. The molecule has 102 valence electrons. The maximum atomic E-state index is 5.99. The molecule has 0 aliphatic heterocycles. The second-order valence-corrected chi connectivity index (χ2v) is 5.11. The molecule has 1 unspecified atom stereocenters. The van der Waals surface area contributed by atoms with Gasteiger partial charge >= 0.3 is 0 Å². The van der Waals surface area contributed by atoms with Crippen LogP contribution in [0, 0.1) is 0 Å². The molecule has 0 fully saturated rings. The predicted octanol–water partition coefficient (Wildman–Crippen LogP) is 2.84. The number of nitrogen functional groups attached to an aromatic ring is 1. The van der Waals surface area contributed by atoms with Gasteiger partial charge in [-0.05, 0) is 25.4 Å². The van der Waals surface area contributed by atoms with E-state index in [0.29, 0.717) is 23.2 Å². The third-order valence-electron chi connectivity index (χ3n) is 2.71. The van der Waals surface area contributed by atoms with Gasteiger partial charge in [0.25, 0.3) is 0 Å². The zero-order chi connectivity index (χ0) is 13.5. The summed E-state index contributed by atoms with van der Waals surface area (Å²) in [7, 11) is 3.22. The quantitative estimate of drug-likeness (QED) is 0.746.